The lowest BCUT2D eigenvalue weighted by Gasteiger charge is -2.37. The number of hydrogen-bond acceptors (Lipinski definition) is 2. The van der Waals surface area contributed by atoms with Gasteiger partial charge in [0, 0.05) is 11.8 Å². The molecule has 3 heteroatoms. The Balaban J connectivity index is 1.76. The van der Waals surface area contributed by atoms with Crippen molar-refractivity contribution in [3.8, 4) is 0 Å². The summed E-state index contributed by atoms with van der Waals surface area (Å²) in [5, 5.41) is 0. The molecule has 0 bridgehead atoms. The Morgan fingerprint density at radius 1 is 0.594 bits per heavy atom. The Morgan fingerprint density at radius 3 is 1.44 bits per heavy atom. The fraction of sp³-hybridized carbons (Fsp3) is 0.0345. The van der Waals surface area contributed by atoms with Gasteiger partial charge in [-0.15, -0.1) is 0 Å². The van der Waals surface area contributed by atoms with Crippen molar-refractivity contribution < 1.29 is 4.79 Å². The molecule has 32 heavy (non-hydrogen) atoms. The monoisotopic (exact) mass is 414 g/mol. The third-order valence-electron chi connectivity index (χ3n) is 5.81. The Morgan fingerprint density at radius 2 is 1.00 bits per heavy atom. The molecule has 0 aliphatic carbocycles. The van der Waals surface area contributed by atoms with Crippen molar-refractivity contribution in [1.82, 2.24) is 9.55 Å². The van der Waals surface area contributed by atoms with Gasteiger partial charge in [-0.3, -0.25) is 4.79 Å². The number of nitrogens with zero attached hydrogens (tertiary/aromatic N) is 2. The smallest absolute Gasteiger partial charge is 0.212 e. The third kappa shape index (κ3) is 3.34. The van der Waals surface area contributed by atoms with E-state index in [1.165, 1.54) is 0 Å². The van der Waals surface area contributed by atoms with Crippen LogP contribution in [0.4, 0.5) is 0 Å². The normalized spacial score (nSPS) is 11.2. The summed E-state index contributed by atoms with van der Waals surface area (Å²) in [6, 6.07) is 40.3. The first-order chi connectivity index (χ1) is 15.8. The predicted molar refractivity (Wildman–Crippen MR) is 127 cm³/mol. The average molecular weight is 415 g/mol. The first-order valence-electron chi connectivity index (χ1n) is 10.6. The van der Waals surface area contributed by atoms with E-state index in [2.05, 4.69) is 45.9 Å². The van der Waals surface area contributed by atoms with E-state index >= 15 is 0 Å². The molecule has 0 fully saturated rings. The molecule has 0 spiro atoms. The van der Waals surface area contributed by atoms with Crippen molar-refractivity contribution in [3.63, 3.8) is 0 Å². The molecule has 0 aliphatic rings. The van der Waals surface area contributed by atoms with E-state index in [0.717, 1.165) is 16.7 Å². The van der Waals surface area contributed by atoms with Crippen LogP contribution in [0.2, 0.25) is 0 Å². The van der Waals surface area contributed by atoms with E-state index in [9.17, 15) is 4.79 Å². The second-order valence-electron chi connectivity index (χ2n) is 7.67. The minimum absolute atomic E-state index is 0.0903. The number of imidazole rings is 1. The van der Waals surface area contributed by atoms with E-state index in [1.807, 2.05) is 91.1 Å². The molecule has 5 aromatic rings. The topological polar surface area (TPSA) is 34.9 Å². The maximum Gasteiger partial charge on any atom is 0.212 e. The minimum Gasteiger partial charge on any atom is -0.318 e. The molecule has 0 N–H and O–H groups in total. The Kier molecular flexibility index (Phi) is 5.22. The van der Waals surface area contributed by atoms with Gasteiger partial charge in [0.25, 0.3) is 0 Å². The second kappa shape index (κ2) is 8.48. The highest BCUT2D eigenvalue weighted by Gasteiger charge is 2.38. The van der Waals surface area contributed by atoms with Crippen LogP contribution in [0.25, 0.3) is 0 Å². The molecule has 0 saturated heterocycles. The summed E-state index contributed by atoms with van der Waals surface area (Å²) in [5.41, 5.74) is 3.65. The molecule has 0 saturated carbocycles. The van der Waals surface area contributed by atoms with E-state index in [4.69, 9.17) is 0 Å². The van der Waals surface area contributed by atoms with Crippen molar-refractivity contribution in [2.45, 2.75) is 5.54 Å². The number of carbonyl (C=O) groups excluding carboxylic acids is 1. The zero-order valence-electron chi connectivity index (χ0n) is 17.5. The summed E-state index contributed by atoms with van der Waals surface area (Å²) in [4.78, 5) is 17.7. The van der Waals surface area contributed by atoms with Gasteiger partial charge in [0.15, 0.2) is 0 Å². The molecular weight excluding hydrogens is 392 g/mol. The zero-order valence-corrected chi connectivity index (χ0v) is 17.5. The maximum absolute atomic E-state index is 13.1. The summed E-state index contributed by atoms with van der Waals surface area (Å²) in [7, 11) is 0. The molecule has 5 rings (SSSR count). The lowest BCUT2D eigenvalue weighted by atomic mass is 9.77. The SMILES string of the molecule is O=C(c1ccccc1)c1cn(C(c2ccccc2)(c2ccccc2)c2ccccc2)cn1. The Hall–Kier alpha value is -4.24. The van der Waals surface area contributed by atoms with Gasteiger partial charge in [0.1, 0.15) is 11.2 Å². The number of aromatic nitrogens is 2. The van der Waals surface area contributed by atoms with Gasteiger partial charge >= 0.3 is 0 Å². The Labute approximate surface area is 187 Å². The third-order valence-corrected chi connectivity index (χ3v) is 5.81. The van der Waals surface area contributed by atoms with Gasteiger partial charge in [-0.05, 0) is 16.7 Å². The van der Waals surface area contributed by atoms with Crippen LogP contribution in [0.5, 0.6) is 0 Å². The minimum atomic E-state index is -0.675. The molecule has 0 atom stereocenters. The van der Waals surface area contributed by atoms with Gasteiger partial charge in [0.2, 0.25) is 5.78 Å². The molecule has 1 aromatic heterocycles. The highest BCUT2D eigenvalue weighted by atomic mass is 16.1. The number of benzene rings is 4. The zero-order chi connectivity index (χ0) is 21.8. The van der Waals surface area contributed by atoms with Crippen molar-refractivity contribution in [1.29, 1.82) is 0 Å². The first kappa shape index (κ1) is 19.7. The lowest BCUT2D eigenvalue weighted by molar-refractivity contribution is 0.103. The average Bonchev–Trinajstić information content (AvgIpc) is 3.37. The van der Waals surface area contributed by atoms with E-state index in [0.29, 0.717) is 11.3 Å². The molecule has 1 heterocycles. The van der Waals surface area contributed by atoms with E-state index in [-0.39, 0.29) is 5.78 Å². The summed E-state index contributed by atoms with van der Waals surface area (Å²) in [5.74, 6) is -0.0903. The van der Waals surface area contributed by atoms with Crippen molar-refractivity contribution >= 4 is 5.78 Å². The van der Waals surface area contributed by atoms with Crippen LogP contribution in [0.15, 0.2) is 134 Å². The lowest BCUT2D eigenvalue weighted by Crippen LogP contribution is -2.37. The standard InChI is InChI=1S/C29H22N2O/c32-28(23-13-5-1-6-14-23)27-21-31(22-30-27)29(24-15-7-2-8-16-24,25-17-9-3-10-18-25)26-19-11-4-12-20-26/h1-22H. The quantitative estimate of drug-likeness (QED) is 0.254. The van der Waals surface area contributed by atoms with Crippen molar-refractivity contribution in [3.05, 3.63) is 162 Å². The molecule has 0 unspecified atom stereocenters. The van der Waals surface area contributed by atoms with Gasteiger partial charge in [-0.2, -0.15) is 0 Å². The predicted octanol–water partition coefficient (Wildman–Crippen LogP) is 5.95. The van der Waals surface area contributed by atoms with Gasteiger partial charge in [-0.1, -0.05) is 121 Å². The van der Waals surface area contributed by atoms with Crippen LogP contribution in [-0.4, -0.2) is 15.3 Å². The van der Waals surface area contributed by atoms with Gasteiger partial charge in [-0.25, -0.2) is 4.98 Å². The summed E-state index contributed by atoms with van der Waals surface area (Å²) < 4.78 is 2.06. The van der Waals surface area contributed by atoms with Crippen LogP contribution in [-0.2, 0) is 5.54 Å². The van der Waals surface area contributed by atoms with Gasteiger partial charge < -0.3 is 4.57 Å². The number of rotatable bonds is 6. The van der Waals surface area contributed by atoms with Crippen LogP contribution in [0.1, 0.15) is 32.7 Å². The largest absolute Gasteiger partial charge is 0.318 e. The number of carbonyl (C=O) groups is 1. The maximum atomic E-state index is 13.1. The molecule has 4 aromatic carbocycles. The van der Waals surface area contributed by atoms with Crippen LogP contribution < -0.4 is 0 Å². The van der Waals surface area contributed by atoms with Crippen LogP contribution in [0, 0.1) is 0 Å². The second-order valence-corrected chi connectivity index (χ2v) is 7.67. The van der Waals surface area contributed by atoms with Crippen LogP contribution in [0.3, 0.4) is 0 Å². The summed E-state index contributed by atoms with van der Waals surface area (Å²) in [6.45, 7) is 0. The Bertz CT molecular complexity index is 1210. The molecular formula is C29H22N2O. The molecule has 154 valence electrons. The molecule has 0 amide bonds. The van der Waals surface area contributed by atoms with E-state index in [1.54, 1.807) is 6.33 Å². The number of hydrogen-bond donors (Lipinski definition) is 0. The highest BCUT2D eigenvalue weighted by molar-refractivity contribution is 6.07. The molecule has 0 aliphatic heterocycles. The van der Waals surface area contributed by atoms with Crippen molar-refractivity contribution in [2.75, 3.05) is 0 Å². The molecule has 0 radical (unpaired) electrons. The summed E-state index contributed by atoms with van der Waals surface area (Å²) >= 11 is 0. The van der Waals surface area contributed by atoms with Crippen LogP contribution >= 0.6 is 0 Å². The number of ketones is 1. The highest BCUT2D eigenvalue weighted by Crippen LogP contribution is 2.40. The van der Waals surface area contributed by atoms with Gasteiger partial charge in [0.05, 0.1) is 6.33 Å². The summed E-state index contributed by atoms with van der Waals surface area (Å²) in [6.07, 6.45) is 3.63. The fourth-order valence-electron chi connectivity index (χ4n) is 4.35. The fourth-order valence-corrected chi connectivity index (χ4v) is 4.35. The van der Waals surface area contributed by atoms with E-state index < -0.39 is 5.54 Å². The molecule has 3 nitrogen and oxygen atoms in total. The first-order valence-corrected chi connectivity index (χ1v) is 10.6. The van der Waals surface area contributed by atoms with Crippen molar-refractivity contribution in [2.24, 2.45) is 0 Å².